The molecule has 5 heteroatoms. The van der Waals surface area contributed by atoms with Crippen molar-refractivity contribution >= 4 is 5.69 Å². The molecule has 2 rings (SSSR count). The van der Waals surface area contributed by atoms with Crippen molar-refractivity contribution < 1.29 is 17.6 Å². The van der Waals surface area contributed by atoms with Gasteiger partial charge in [0.25, 0.3) is 0 Å². The van der Waals surface area contributed by atoms with Gasteiger partial charge in [0, 0.05) is 6.04 Å². The van der Waals surface area contributed by atoms with E-state index in [-0.39, 0.29) is 17.1 Å². The third-order valence-electron chi connectivity index (χ3n) is 3.75. The Hall–Kier alpha value is -1.26. The first-order valence-corrected chi connectivity index (χ1v) is 5.86. The molecule has 0 spiro atoms. The minimum absolute atomic E-state index is 0.0458. The normalized spacial score (nSPS) is 19.4. The van der Waals surface area contributed by atoms with Gasteiger partial charge >= 0.3 is 6.18 Å². The highest BCUT2D eigenvalue weighted by molar-refractivity contribution is 5.49. The van der Waals surface area contributed by atoms with Crippen LogP contribution < -0.4 is 5.32 Å². The van der Waals surface area contributed by atoms with Gasteiger partial charge in [0.1, 0.15) is 5.82 Å². The predicted molar refractivity (Wildman–Crippen MR) is 61.8 cm³/mol. The van der Waals surface area contributed by atoms with Crippen LogP contribution in [0.3, 0.4) is 0 Å². The van der Waals surface area contributed by atoms with E-state index in [0.29, 0.717) is 0 Å². The smallest absolute Gasteiger partial charge is 0.380 e. The van der Waals surface area contributed by atoms with Crippen molar-refractivity contribution in [3.63, 3.8) is 0 Å². The first-order chi connectivity index (χ1) is 8.22. The zero-order chi connectivity index (χ0) is 13.6. The highest BCUT2D eigenvalue weighted by Gasteiger charge is 2.42. The largest absolute Gasteiger partial charge is 0.416 e. The molecule has 0 aliphatic heterocycles. The quantitative estimate of drug-likeness (QED) is 0.793. The summed E-state index contributed by atoms with van der Waals surface area (Å²) in [6.07, 6.45) is -2.42. The highest BCUT2D eigenvalue weighted by Crippen LogP contribution is 2.49. The summed E-state index contributed by atoms with van der Waals surface area (Å²) in [5.41, 5.74) is -0.842. The topological polar surface area (TPSA) is 12.0 Å². The molecule has 1 N–H and O–H groups in total. The number of rotatable bonds is 3. The van der Waals surface area contributed by atoms with Gasteiger partial charge in [0.2, 0.25) is 0 Å². The lowest BCUT2D eigenvalue weighted by Gasteiger charge is -2.22. The van der Waals surface area contributed by atoms with E-state index in [9.17, 15) is 17.6 Å². The first-order valence-electron chi connectivity index (χ1n) is 5.86. The van der Waals surface area contributed by atoms with Gasteiger partial charge in [0.15, 0.2) is 0 Å². The molecular formula is C13H15F4N. The van der Waals surface area contributed by atoms with Crippen molar-refractivity contribution in [2.24, 2.45) is 5.41 Å². The van der Waals surface area contributed by atoms with Crippen LogP contribution in [0.25, 0.3) is 0 Å². The van der Waals surface area contributed by atoms with E-state index in [1.165, 1.54) is 0 Å². The van der Waals surface area contributed by atoms with Crippen LogP contribution in [0.4, 0.5) is 23.2 Å². The number of hydrogen-bond acceptors (Lipinski definition) is 1. The van der Waals surface area contributed by atoms with Crippen LogP contribution in [0, 0.1) is 11.2 Å². The maximum atomic E-state index is 13.5. The Balaban J connectivity index is 2.21. The van der Waals surface area contributed by atoms with Gasteiger partial charge in [-0.2, -0.15) is 13.2 Å². The van der Waals surface area contributed by atoms with Crippen molar-refractivity contribution in [2.75, 3.05) is 5.32 Å². The van der Waals surface area contributed by atoms with Gasteiger partial charge in [-0.15, -0.1) is 0 Å². The van der Waals surface area contributed by atoms with Crippen LogP contribution in [0.2, 0.25) is 0 Å². The summed E-state index contributed by atoms with van der Waals surface area (Å²) in [4.78, 5) is 0. The molecule has 1 aromatic carbocycles. The summed E-state index contributed by atoms with van der Waals surface area (Å²) in [5, 5.41) is 2.85. The van der Waals surface area contributed by atoms with E-state index in [4.69, 9.17) is 0 Å². The average Bonchev–Trinajstić information content (AvgIpc) is 2.99. The summed E-state index contributed by atoms with van der Waals surface area (Å²) in [5.74, 6) is -0.654. The monoisotopic (exact) mass is 261 g/mol. The van der Waals surface area contributed by atoms with Crippen molar-refractivity contribution in [3.8, 4) is 0 Å². The van der Waals surface area contributed by atoms with E-state index in [0.717, 1.165) is 31.0 Å². The summed E-state index contributed by atoms with van der Waals surface area (Å²) < 4.78 is 51.1. The molecule has 0 amide bonds. The van der Waals surface area contributed by atoms with Crippen LogP contribution in [0.15, 0.2) is 18.2 Å². The fourth-order valence-corrected chi connectivity index (χ4v) is 1.85. The number of nitrogens with one attached hydrogen (secondary N) is 1. The van der Waals surface area contributed by atoms with Crippen molar-refractivity contribution in [3.05, 3.63) is 29.6 Å². The Morgan fingerprint density at radius 1 is 1.28 bits per heavy atom. The van der Waals surface area contributed by atoms with Crippen molar-refractivity contribution in [2.45, 2.75) is 38.9 Å². The van der Waals surface area contributed by atoms with E-state index < -0.39 is 17.6 Å². The molecule has 18 heavy (non-hydrogen) atoms. The van der Waals surface area contributed by atoms with Crippen molar-refractivity contribution in [1.29, 1.82) is 0 Å². The van der Waals surface area contributed by atoms with Crippen LogP contribution in [0.1, 0.15) is 32.3 Å². The maximum Gasteiger partial charge on any atom is 0.416 e. The lowest BCUT2D eigenvalue weighted by atomic mass is 10.0. The van der Waals surface area contributed by atoms with Gasteiger partial charge < -0.3 is 5.32 Å². The maximum absolute atomic E-state index is 13.5. The second-order valence-electron chi connectivity index (χ2n) is 5.21. The molecule has 1 fully saturated rings. The molecule has 1 atom stereocenters. The summed E-state index contributed by atoms with van der Waals surface area (Å²) in [6, 6.07) is 2.39. The zero-order valence-electron chi connectivity index (χ0n) is 10.2. The van der Waals surface area contributed by atoms with Crippen molar-refractivity contribution in [1.82, 2.24) is 0 Å². The number of halogens is 4. The summed E-state index contributed by atoms with van der Waals surface area (Å²) in [7, 11) is 0. The lowest BCUT2D eigenvalue weighted by molar-refractivity contribution is -0.137. The molecule has 1 saturated carbocycles. The molecule has 0 saturated heterocycles. The molecule has 1 aliphatic carbocycles. The molecule has 0 heterocycles. The SMILES string of the molecule is CC(Nc1cc(C(F)(F)F)ccc1F)C1(C)CC1. The molecule has 0 bridgehead atoms. The number of hydrogen-bond donors (Lipinski definition) is 1. The van der Waals surface area contributed by atoms with Gasteiger partial charge in [0.05, 0.1) is 11.3 Å². The molecule has 0 aromatic heterocycles. The second kappa shape index (κ2) is 4.14. The summed E-state index contributed by atoms with van der Waals surface area (Å²) in [6.45, 7) is 3.91. The molecule has 1 aromatic rings. The molecule has 1 nitrogen and oxygen atoms in total. The first kappa shape index (κ1) is 13.2. The molecule has 0 radical (unpaired) electrons. The van der Waals surface area contributed by atoms with Gasteiger partial charge in [-0.05, 0) is 43.4 Å². The number of anilines is 1. The Labute approximate surface area is 103 Å². The van der Waals surface area contributed by atoms with Crippen LogP contribution in [0.5, 0.6) is 0 Å². The Morgan fingerprint density at radius 2 is 1.89 bits per heavy atom. The third-order valence-corrected chi connectivity index (χ3v) is 3.75. The van der Waals surface area contributed by atoms with E-state index in [1.807, 2.05) is 13.8 Å². The lowest BCUT2D eigenvalue weighted by Crippen LogP contribution is -2.25. The van der Waals surface area contributed by atoms with Gasteiger partial charge in [-0.25, -0.2) is 4.39 Å². The van der Waals surface area contributed by atoms with Crippen LogP contribution >= 0.6 is 0 Å². The zero-order valence-corrected chi connectivity index (χ0v) is 10.2. The predicted octanol–water partition coefficient (Wildman–Crippen LogP) is 4.45. The average molecular weight is 261 g/mol. The number of alkyl halides is 3. The standard InChI is InChI=1S/C13H15F4N/c1-8(12(2)5-6-12)18-11-7-9(13(15,16)17)3-4-10(11)14/h3-4,7-8,18H,5-6H2,1-2H3. The van der Waals surface area contributed by atoms with Crippen LogP contribution in [-0.4, -0.2) is 6.04 Å². The van der Waals surface area contributed by atoms with Crippen LogP contribution in [-0.2, 0) is 6.18 Å². The second-order valence-corrected chi connectivity index (χ2v) is 5.21. The summed E-state index contributed by atoms with van der Waals surface area (Å²) >= 11 is 0. The fourth-order valence-electron chi connectivity index (χ4n) is 1.85. The Morgan fingerprint density at radius 3 is 2.39 bits per heavy atom. The minimum atomic E-state index is -4.45. The third kappa shape index (κ3) is 2.60. The van der Waals surface area contributed by atoms with Gasteiger partial charge in [-0.3, -0.25) is 0 Å². The molecule has 100 valence electrons. The Kier molecular flexibility index (Phi) is 3.03. The number of benzene rings is 1. The Bertz CT molecular complexity index is 449. The van der Waals surface area contributed by atoms with E-state index >= 15 is 0 Å². The fraction of sp³-hybridized carbons (Fsp3) is 0.538. The molecular weight excluding hydrogens is 246 g/mol. The van der Waals surface area contributed by atoms with Gasteiger partial charge in [-0.1, -0.05) is 6.92 Å². The molecule has 1 aliphatic rings. The van der Waals surface area contributed by atoms with E-state index in [1.54, 1.807) is 0 Å². The minimum Gasteiger partial charge on any atom is -0.380 e. The highest BCUT2D eigenvalue weighted by atomic mass is 19.4. The molecule has 1 unspecified atom stereocenters. The van der Waals surface area contributed by atoms with E-state index in [2.05, 4.69) is 5.32 Å².